The van der Waals surface area contributed by atoms with Gasteiger partial charge in [0.05, 0.1) is 10.9 Å². The Balaban J connectivity index is 3.11. The summed E-state index contributed by atoms with van der Waals surface area (Å²) in [4.78, 5) is 11.6. The number of carbonyl (C=O) groups is 1. The summed E-state index contributed by atoms with van der Waals surface area (Å²) in [5.41, 5.74) is 0.974. The second kappa shape index (κ2) is 8.96. The second-order valence-corrected chi connectivity index (χ2v) is 9.24. The normalized spacial score (nSPS) is 14.2. The summed E-state index contributed by atoms with van der Waals surface area (Å²) in [6, 6.07) is 5.88. The van der Waals surface area contributed by atoms with Gasteiger partial charge in [-0.2, -0.15) is 4.72 Å². The molecule has 1 aromatic rings. The number of hydrogen-bond acceptors (Lipinski definition) is 4. The van der Waals surface area contributed by atoms with E-state index in [0.717, 1.165) is 5.56 Å². The average Bonchev–Trinajstić information content (AvgIpc) is 2.43. The van der Waals surface area contributed by atoms with Gasteiger partial charge in [-0.15, -0.1) is 0 Å². The molecule has 5 nitrogen and oxygen atoms in total. The number of hydrogen-bond donors (Lipinski definition) is 1. The quantitative estimate of drug-likeness (QED) is 0.471. The molecule has 0 aliphatic carbocycles. The van der Waals surface area contributed by atoms with Gasteiger partial charge in [0.1, 0.15) is 6.10 Å². The lowest BCUT2D eigenvalue weighted by Gasteiger charge is -2.28. The topological polar surface area (TPSA) is 72.5 Å². The minimum absolute atomic E-state index is 0.168. The van der Waals surface area contributed by atoms with Crippen LogP contribution in [0.5, 0.6) is 0 Å². The largest absolute Gasteiger partial charge is 0.460 e. The molecule has 7 heteroatoms. The van der Waals surface area contributed by atoms with Gasteiger partial charge in [0, 0.05) is 10.5 Å². The highest BCUT2D eigenvalue weighted by Gasteiger charge is 2.31. The summed E-state index contributed by atoms with van der Waals surface area (Å²) in [6.45, 7) is 11.0. The van der Waals surface area contributed by atoms with Gasteiger partial charge < -0.3 is 4.74 Å². The smallest absolute Gasteiger partial charge is 0.302 e. The lowest BCUT2D eigenvalue weighted by molar-refractivity contribution is -0.147. The molecule has 0 aromatic heterocycles. The van der Waals surface area contributed by atoms with Gasteiger partial charge in [-0.1, -0.05) is 38.1 Å². The third-order valence-corrected chi connectivity index (χ3v) is 5.47. The molecule has 0 aliphatic heterocycles. The standard InChI is InChI=1S/C17H24INO4S/c1-11(2)10-16(23-14(5)20)17(13(4)18)19-24(21,22)15-8-6-12(3)7-9-15/h6-9,11,16-17,19H,4,10H2,1-3,5H3/t16-,17+/m1/s1. The molecule has 0 bridgehead atoms. The number of benzene rings is 1. The SMILES string of the molecule is C=C(I)[C@H](NS(=O)(=O)c1ccc(C)cc1)[C@@H](CC(C)C)OC(C)=O. The number of aryl methyl sites for hydroxylation is 1. The summed E-state index contributed by atoms with van der Waals surface area (Å²) in [5, 5.41) is 0. The van der Waals surface area contributed by atoms with Gasteiger partial charge in [0.2, 0.25) is 10.0 Å². The molecule has 134 valence electrons. The van der Waals surface area contributed by atoms with E-state index in [0.29, 0.717) is 10.0 Å². The van der Waals surface area contributed by atoms with E-state index in [1.165, 1.54) is 6.92 Å². The maximum atomic E-state index is 12.6. The van der Waals surface area contributed by atoms with Gasteiger partial charge in [-0.3, -0.25) is 4.79 Å². The lowest BCUT2D eigenvalue weighted by Crippen LogP contribution is -2.45. The zero-order chi connectivity index (χ0) is 18.5. The van der Waals surface area contributed by atoms with Crippen LogP contribution in [0.2, 0.25) is 0 Å². The molecule has 0 fully saturated rings. The molecule has 0 saturated carbocycles. The van der Waals surface area contributed by atoms with E-state index in [2.05, 4.69) is 11.3 Å². The first-order valence-corrected chi connectivity index (χ1v) is 10.2. The van der Waals surface area contributed by atoms with Crippen molar-refractivity contribution in [2.45, 2.75) is 51.2 Å². The van der Waals surface area contributed by atoms with E-state index in [-0.39, 0.29) is 10.8 Å². The Morgan fingerprint density at radius 1 is 1.29 bits per heavy atom. The van der Waals surface area contributed by atoms with Crippen molar-refractivity contribution < 1.29 is 17.9 Å². The first-order valence-electron chi connectivity index (χ1n) is 7.63. The zero-order valence-corrected chi connectivity index (χ0v) is 17.3. The van der Waals surface area contributed by atoms with Crippen molar-refractivity contribution in [3.05, 3.63) is 40.0 Å². The molecule has 1 N–H and O–H groups in total. The van der Waals surface area contributed by atoms with Gasteiger partial charge in [-0.25, -0.2) is 8.42 Å². The fraction of sp³-hybridized carbons (Fsp3) is 0.471. The van der Waals surface area contributed by atoms with Crippen LogP contribution in [-0.4, -0.2) is 26.5 Å². The van der Waals surface area contributed by atoms with Gasteiger partial charge in [0.15, 0.2) is 0 Å². The van der Waals surface area contributed by atoms with Crippen LogP contribution in [0.15, 0.2) is 39.3 Å². The van der Waals surface area contributed by atoms with Crippen LogP contribution < -0.4 is 4.72 Å². The van der Waals surface area contributed by atoms with E-state index in [1.807, 2.05) is 43.4 Å². The first-order chi connectivity index (χ1) is 11.0. The van der Waals surface area contributed by atoms with Crippen molar-refractivity contribution in [2.75, 3.05) is 0 Å². The number of ether oxygens (including phenoxy) is 1. The molecule has 0 spiro atoms. The summed E-state index contributed by atoms with van der Waals surface area (Å²) in [5.74, 6) is -0.214. The van der Waals surface area contributed by atoms with Crippen LogP contribution in [0.3, 0.4) is 0 Å². The molecule has 1 rings (SSSR count). The molecule has 0 aliphatic rings. The number of halogens is 1. The van der Waals surface area contributed by atoms with Crippen LogP contribution in [-0.2, 0) is 19.6 Å². The van der Waals surface area contributed by atoms with Crippen LogP contribution >= 0.6 is 22.6 Å². The minimum Gasteiger partial charge on any atom is -0.460 e. The Hall–Kier alpha value is -0.930. The number of nitrogens with one attached hydrogen (secondary N) is 1. The predicted molar refractivity (Wildman–Crippen MR) is 103 cm³/mol. The Morgan fingerprint density at radius 2 is 1.83 bits per heavy atom. The summed E-state index contributed by atoms with van der Waals surface area (Å²) < 4.78 is 33.8. The fourth-order valence-electron chi connectivity index (χ4n) is 2.22. The summed E-state index contributed by atoms with van der Waals surface area (Å²) >= 11 is 1.97. The molecule has 0 radical (unpaired) electrons. The molecule has 24 heavy (non-hydrogen) atoms. The van der Waals surface area contributed by atoms with E-state index in [1.54, 1.807) is 24.3 Å². The minimum atomic E-state index is -3.74. The number of rotatable bonds is 8. The molecular formula is C17H24INO4S. The second-order valence-electron chi connectivity index (χ2n) is 6.14. The third kappa shape index (κ3) is 6.52. The van der Waals surface area contributed by atoms with E-state index in [9.17, 15) is 13.2 Å². The predicted octanol–water partition coefficient (Wildman–Crippen LogP) is 3.57. The van der Waals surface area contributed by atoms with Gasteiger partial charge in [-0.05, 0) is 54.0 Å². The Labute approximate surface area is 158 Å². The highest BCUT2D eigenvalue weighted by Crippen LogP contribution is 2.23. The maximum Gasteiger partial charge on any atom is 0.302 e. The van der Waals surface area contributed by atoms with Gasteiger partial charge >= 0.3 is 5.97 Å². The van der Waals surface area contributed by atoms with E-state index >= 15 is 0 Å². The van der Waals surface area contributed by atoms with Crippen molar-refractivity contribution in [1.29, 1.82) is 0 Å². The molecule has 0 amide bonds. The molecular weight excluding hydrogens is 441 g/mol. The molecule has 2 atom stereocenters. The highest BCUT2D eigenvalue weighted by atomic mass is 127. The van der Waals surface area contributed by atoms with Crippen LogP contribution in [0.25, 0.3) is 0 Å². The van der Waals surface area contributed by atoms with Crippen molar-refractivity contribution in [1.82, 2.24) is 4.72 Å². The van der Waals surface area contributed by atoms with Crippen molar-refractivity contribution >= 4 is 38.6 Å². The maximum absolute atomic E-state index is 12.6. The van der Waals surface area contributed by atoms with Crippen molar-refractivity contribution in [2.24, 2.45) is 5.92 Å². The molecule has 0 saturated heterocycles. The van der Waals surface area contributed by atoms with Crippen LogP contribution in [0.1, 0.15) is 32.8 Å². The Bertz CT molecular complexity index is 683. The van der Waals surface area contributed by atoms with Crippen molar-refractivity contribution in [3.8, 4) is 0 Å². The fourth-order valence-corrected chi connectivity index (χ4v) is 4.25. The van der Waals surface area contributed by atoms with Crippen LogP contribution in [0, 0.1) is 12.8 Å². The van der Waals surface area contributed by atoms with E-state index in [4.69, 9.17) is 4.74 Å². The number of sulfonamides is 1. The molecule has 0 heterocycles. The van der Waals surface area contributed by atoms with Crippen LogP contribution in [0.4, 0.5) is 0 Å². The third-order valence-electron chi connectivity index (χ3n) is 3.34. The van der Waals surface area contributed by atoms with Crippen molar-refractivity contribution in [3.63, 3.8) is 0 Å². The average molecular weight is 465 g/mol. The Morgan fingerprint density at radius 3 is 2.25 bits per heavy atom. The van der Waals surface area contributed by atoms with Gasteiger partial charge in [0.25, 0.3) is 0 Å². The molecule has 1 aromatic carbocycles. The van der Waals surface area contributed by atoms with E-state index < -0.39 is 28.1 Å². The number of carbonyl (C=O) groups excluding carboxylic acids is 1. The summed E-state index contributed by atoms with van der Waals surface area (Å²) in [6.07, 6.45) is -0.0741. The highest BCUT2D eigenvalue weighted by molar-refractivity contribution is 14.1. The Kier molecular flexibility index (Phi) is 7.88. The monoisotopic (exact) mass is 465 g/mol. The summed E-state index contributed by atoms with van der Waals surface area (Å²) in [7, 11) is -3.74. The number of esters is 1. The lowest BCUT2D eigenvalue weighted by atomic mass is 10.0. The first kappa shape index (κ1) is 21.1. The molecule has 0 unspecified atom stereocenters. The zero-order valence-electron chi connectivity index (χ0n) is 14.4.